The number of rotatable bonds is 3. The molecular formula is C11H14BrClN2O. The average Bonchev–Trinajstić information content (AvgIpc) is 2.21. The van der Waals surface area contributed by atoms with Crippen LogP contribution in [0.25, 0.3) is 0 Å². The van der Waals surface area contributed by atoms with Gasteiger partial charge in [-0.15, -0.1) is 0 Å². The number of hydrogen-bond acceptors (Lipinski definition) is 2. The summed E-state index contributed by atoms with van der Waals surface area (Å²) in [5.41, 5.74) is 5.64. The van der Waals surface area contributed by atoms with Crippen LogP contribution >= 0.6 is 27.5 Å². The second kappa shape index (κ2) is 5.17. The number of benzene rings is 1. The summed E-state index contributed by atoms with van der Waals surface area (Å²) < 4.78 is 0.767. The molecule has 0 aliphatic heterocycles. The van der Waals surface area contributed by atoms with Crippen molar-refractivity contribution in [1.29, 1.82) is 0 Å². The quantitative estimate of drug-likeness (QED) is 0.902. The van der Waals surface area contributed by atoms with E-state index in [9.17, 15) is 4.79 Å². The highest BCUT2D eigenvalue weighted by atomic mass is 79.9. The molecule has 0 bridgehead atoms. The molecule has 0 saturated heterocycles. The first kappa shape index (κ1) is 13.5. The van der Waals surface area contributed by atoms with E-state index in [4.69, 9.17) is 17.3 Å². The maximum Gasteiger partial charge on any atom is 0.251 e. The van der Waals surface area contributed by atoms with Gasteiger partial charge in [-0.3, -0.25) is 4.79 Å². The lowest BCUT2D eigenvalue weighted by atomic mass is 10.1. The smallest absolute Gasteiger partial charge is 0.251 e. The number of hydrogen-bond donors (Lipinski definition) is 2. The number of halogens is 2. The Balaban J connectivity index is 2.85. The summed E-state index contributed by atoms with van der Waals surface area (Å²) in [6.07, 6.45) is 0. The van der Waals surface area contributed by atoms with Crippen LogP contribution in [0.4, 0.5) is 0 Å². The zero-order valence-corrected chi connectivity index (χ0v) is 11.5. The molecule has 0 saturated carbocycles. The molecule has 1 amide bonds. The van der Waals surface area contributed by atoms with E-state index in [2.05, 4.69) is 21.2 Å². The van der Waals surface area contributed by atoms with Crippen molar-refractivity contribution in [2.24, 2.45) is 5.73 Å². The fourth-order valence-corrected chi connectivity index (χ4v) is 1.50. The Labute approximate surface area is 108 Å². The monoisotopic (exact) mass is 304 g/mol. The van der Waals surface area contributed by atoms with Crippen LogP contribution in [0.1, 0.15) is 24.2 Å². The minimum Gasteiger partial charge on any atom is -0.346 e. The second-order valence-electron chi connectivity index (χ2n) is 4.17. The topological polar surface area (TPSA) is 55.1 Å². The van der Waals surface area contributed by atoms with Gasteiger partial charge >= 0.3 is 0 Å². The first-order valence-electron chi connectivity index (χ1n) is 4.83. The van der Waals surface area contributed by atoms with Gasteiger partial charge in [0.2, 0.25) is 0 Å². The van der Waals surface area contributed by atoms with E-state index in [-0.39, 0.29) is 5.91 Å². The van der Waals surface area contributed by atoms with E-state index < -0.39 is 5.54 Å². The van der Waals surface area contributed by atoms with Crippen LogP contribution in [0, 0.1) is 0 Å². The molecule has 1 rings (SSSR count). The third-order valence-corrected chi connectivity index (χ3v) is 3.38. The number of amides is 1. The first-order chi connectivity index (χ1) is 7.35. The predicted molar refractivity (Wildman–Crippen MR) is 69.8 cm³/mol. The van der Waals surface area contributed by atoms with E-state index in [0.717, 1.165) is 4.47 Å². The minimum absolute atomic E-state index is 0.176. The molecule has 1 aromatic carbocycles. The molecule has 0 atom stereocenters. The molecule has 0 aliphatic rings. The Morgan fingerprint density at radius 2 is 2.19 bits per heavy atom. The number of carbonyl (C=O) groups is 1. The molecule has 0 fully saturated rings. The fraction of sp³-hybridized carbons (Fsp3) is 0.364. The van der Waals surface area contributed by atoms with Gasteiger partial charge < -0.3 is 11.1 Å². The standard InChI is InChI=1S/C11H14BrClN2O/c1-11(2,6-14)15-10(16)7-3-4-8(12)9(13)5-7/h3-5H,6,14H2,1-2H3,(H,15,16). The van der Waals surface area contributed by atoms with E-state index in [0.29, 0.717) is 17.1 Å². The molecule has 0 spiro atoms. The maximum absolute atomic E-state index is 11.8. The minimum atomic E-state index is -0.420. The Morgan fingerprint density at radius 1 is 1.56 bits per heavy atom. The van der Waals surface area contributed by atoms with Crippen molar-refractivity contribution in [3.8, 4) is 0 Å². The summed E-state index contributed by atoms with van der Waals surface area (Å²) in [5, 5.41) is 3.34. The van der Waals surface area contributed by atoms with Gasteiger partial charge in [0.25, 0.3) is 5.91 Å². The predicted octanol–water partition coefficient (Wildman–Crippen LogP) is 2.57. The summed E-state index contributed by atoms with van der Waals surface area (Å²) >= 11 is 9.18. The lowest BCUT2D eigenvalue weighted by molar-refractivity contribution is 0.0915. The van der Waals surface area contributed by atoms with Crippen molar-refractivity contribution in [3.05, 3.63) is 33.3 Å². The summed E-state index contributed by atoms with van der Waals surface area (Å²) in [6.45, 7) is 4.11. The normalized spacial score (nSPS) is 11.3. The van der Waals surface area contributed by atoms with Gasteiger partial charge in [0.05, 0.1) is 5.02 Å². The second-order valence-corrected chi connectivity index (χ2v) is 5.43. The van der Waals surface area contributed by atoms with Gasteiger partial charge in [0.1, 0.15) is 0 Å². The highest BCUT2D eigenvalue weighted by Crippen LogP contribution is 2.23. The van der Waals surface area contributed by atoms with Crippen LogP contribution in [-0.4, -0.2) is 18.0 Å². The van der Waals surface area contributed by atoms with Crippen LogP contribution < -0.4 is 11.1 Å². The largest absolute Gasteiger partial charge is 0.346 e. The van der Waals surface area contributed by atoms with E-state index >= 15 is 0 Å². The Kier molecular flexibility index (Phi) is 4.35. The average molecular weight is 306 g/mol. The zero-order valence-electron chi connectivity index (χ0n) is 9.18. The lowest BCUT2D eigenvalue weighted by Crippen LogP contribution is -2.48. The highest BCUT2D eigenvalue weighted by molar-refractivity contribution is 9.10. The van der Waals surface area contributed by atoms with Crippen LogP contribution in [0.3, 0.4) is 0 Å². The summed E-state index contributed by atoms with van der Waals surface area (Å²) in [7, 11) is 0. The van der Waals surface area contributed by atoms with Crippen molar-refractivity contribution in [2.45, 2.75) is 19.4 Å². The van der Waals surface area contributed by atoms with Gasteiger partial charge in [-0.05, 0) is 48.0 Å². The Bertz CT molecular complexity index is 407. The third kappa shape index (κ3) is 3.47. The zero-order chi connectivity index (χ0) is 12.3. The first-order valence-corrected chi connectivity index (χ1v) is 6.00. The van der Waals surface area contributed by atoms with Crippen LogP contribution in [-0.2, 0) is 0 Å². The van der Waals surface area contributed by atoms with Gasteiger partial charge in [-0.25, -0.2) is 0 Å². The molecular weight excluding hydrogens is 291 g/mol. The summed E-state index contributed by atoms with van der Waals surface area (Å²) in [4.78, 5) is 11.8. The molecule has 3 N–H and O–H groups in total. The van der Waals surface area contributed by atoms with E-state index in [1.54, 1.807) is 18.2 Å². The molecule has 1 aromatic rings. The van der Waals surface area contributed by atoms with E-state index in [1.807, 2.05) is 13.8 Å². The Hall–Kier alpha value is -0.580. The van der Waals surface area contributed by atoms with E-state index in [1.165, 1.54) is 0 Å². The molecule has 5 heteroatoms. The van der Waals surface area contributed by atoms with Crippen molar-refractivity contribution >= 4 is 33.4 Å². The van der Waals surface area contributed by atoms with Gasteiger partial charge in [0, 0.05) is 22.1 Å². The number of carbonyl (C=O) groups excluding carboxylic acids is 1. The van der Waals surface area contributed by atoms with Gasteiger partial charge in [-0.1, -0.05) is 11.6 Å². The van der Waals surface area contributed by atoms with Crippen LogP contribution in [0.15, 0.2) is 22.7 Å². The lowest BCUT2D eigenvalue weighted by Gasteiger charge is -2.24. The van der Waals surface area contributed by atoms with Crippen LogP contribution in [0.5, 0.6) is 0 Å². The molecule has 0 unspecified atom stereocenters. The highest BCUT2D eigenvalue weighted by Gasteiger charge is 2.19. The molecule has 88 valence electrons. The third-order valence-electron chi connectivity index (χ3n) is 2.14. The summed E-state index contributed by atoms with van der Waals surface area (Å²) in [6, 6.07) is 5.07. The van der Waals surface area contributed by atoms with Crippen LogP contribution in [0.2, 0.25) is 5.02 Å². The van der Waals surface area contributed by atoms with Crippen molar-refractivity contribution in [3.63, 3.8) is 0 Å². The fourth-order valence-electron chi connectivity index (χ4n) is 1.07. The molecule has 0 radical (unpaired) electrons. The molecule has 0 heterocycles. The molecule has 0 aromatic heterocycles. The SMILES string of the molecule is CC(C)(CN)NC(=O)c1ccc(Br)c(Cl)c1. The summed E-state index contributed by atoms with van der Waals surface area (Å²) in [5.74, 6) is -0.176. The van der Waals surface area contributed by atoms with Gasteiger partial charge in [0.15, 0.2) is 0 Å². The van der Waals surface area contributed by atoms with Crippen molar-refractivity contribution < 1.29 is 4.79 Å². The van der Waals surface area contributed by atoms with Crippen molar-refractivity contribution in [2.75, 3.05) is 6.54 Å². The maximum atomic E-state index is 11.8. The molecule has 0 aliphatic carbocycles. The van der Waals surface area contributed by atoms with Crippen molar-refractivity contribution in [1.82, 2.24) is 5.32 Å². The number of nitrogens with two attached hydrogens (primary N) is 1. The Morgan fingerprint density at radius 3 is 2.69 bits per heavy atom. The van der Waals surface area contributed by atoms with Gasteiger partial charge in [-0.2, -0.15) is 0 Å². The molecule has 3 nitrogen and oxygen atoms in total. The molecule has 16 heavy (non-hydrogen) atoms. The number of nitrogens with one attached hydrogen (secondary N) is 1.